The van der Waals surface area contributed by atoms with Gasteiger partial charge in [-0.2, -0.15) is 9.35 Å². The van der Waals surface area contributed by atoms with Gasteiger partial charge in [-0.05, 0) is 46.0 Å². The lowest BCUT2D eigenvalue weighted by Gasteiger charge is -2.41. The third kappa shape index (κ3) is 4.47. The van der Waals surface area contributed by atoms with Gasteiger partial charge in [0.2, 0.25) is 0 Å². The number of anilines is 1. The van der Waals surface area contributed by atoms with E-state index >= 15 is 0 Å². The van der Waals surface area contributed by atoms with Crippen LogP contribution in [0.2, 0.25) is 5.02 Å². The Morgan fingerprint density at radius 2 is 1.91 bits per heavy atom. The van der Waals surface area contributed by atoms with Crippen molar-refractivity contribution in [1.29, 1.82) is 0 Å². The van der Waals surface area contributed by atoms with Gasteiger partial charge in [0.25, 0.3) is 5.95 Å². The average Bonchev–Trinajstić information content (AvgIpc) is 3.00. The summed E-state index contributed by atoms with van der Waals surface area (Å²) in [6, 6.07) is 0. The average molecular weight is 525 g/mol. The van der Waals surface area contributed by atoms with E-state index in [1.54, 1.807) is 12.4 Å². The van der Waals surface area contributed by atoms with Crippen molar-refractivity contribution in [3.8, 4) is 0 Å². The van der Waals surface area contributed by atoms with Crippen LogP contribution >= 0.6 is 11.6 Å². The van der Waals surface area contributed by atoms with Crippen LogP contribution in [0.5, 0.6) is 0 Å². The number of rotatable bonds is 5. The van der Waals surface area contributed by atoms with E-state index in [0.717, 1.165) is 19.3 Å². The molecule has 1 aliphatic carbocycles. The van der Waals surface area contributed by atoms with Crippen molar-refractivity contribution in [2.75, 3.05) is 23.4 Å². The molecule has 0 bridgehead atoms. The second-order valence-electron chi connectivity index (χ2n) is 10.1. The maximum absolute atomic E-state index is 13.6. The van der Waals surface area contributed by atoms with Gasteiger partial charge < -0.3 is 10.4 Å². The molecule has 0 unspecified atom stereocenters. The Labute approximate surface area is 207 Å². The number of nitrogens with zero attached hydrogens (tertiary/aromatic N) is 5. The van der Waals surface area contributed by atoms with Gasteiger partial charge in [0.1, 0.15) is 16.5 Å². The number of halogens is 1. The lowest BCUT2D eigenvalue weighted by atomic mass is 9.77. The fourth-order valence-corrected chi connectivity index (χ4v) is 8.37. The first-order valence-corrected chi connectivity index (χ1v) is 14.9. The van der Waals surface area contributed by atoms with Crippen molar-refractivity contribution in [3.63, 3.8) is 0 Å². The first kappa shape index (κ1) is 24.0. The summed E-state index contributed by atoms with van der Waals surface area (Å²) >= 11 is 5.89. The molecule has 4 heterocycles. The fourth-order valence-electron chi connectivity index (χ4n) is 4.78. The van der Waals surface area contributed by atoms with E-state index < -0.39 is 30.8 Å². The van der Waals surface area contributed by atoms with Crippen LogP contribution < -0.4 is 5.32 Å². The normalized spacial score (nSPS) is 29.2. The van der Waals surface area contributed by atoms with E-state index in [1.807, 2.05) is 13.8 Å². The molecule has 3 aliphatic rings. The number of aliphatic hydroxyl groups excluding tert-OH is 1. The number of aromatic nitrogens is 4. The molecule has 12 heteroatoms. The standard InChI is InChI=1S/C22H29ClN6O3S2/c1-21(2)10-16-17(33(21)31)19(28-22(13-30)6-3-7-22)27-20(26-16)29-34(32)8-4-14(5-9-34)18-24-11-15(23)12-25-18/h11-12,14,30H,3-10,13H2,1-2H3,(H,26,27,28)/t14?,33-,34?/m1/s1. The van der Waals surface area contributed by atoms with E-state index in [2.05, 4.69) is 29.6 Å². The molecule has 1 atom stereocenters. The zero-order valence-electron chi connectivity index (χ0n) is 19.3. The quantitative estimate of drug-likeness (QED) is 0.608. The van der Waals surface area contributed by atoms with Gasteiger partial charge in [-0.25, -0.2) is 19.2 Å². The summed E-state index contributed by atoms with van der Waals surface area (Å²) in [4.78, 5) is 18.4. The highest BCUT2D eigenvalue weighted by molar-refractivity contribution is 7.93. The Morgan fingerprint density at radius 3 is 2.50 bits per heavy atom. The molecule has 0 radical (unpaired) electrons. The topological polar surface area (TPSA) is 130 Å². The molecule has 1 saturated heterocycles. The monoisotopic (exact) mass is 524 g/mol. The third-order valence-electron chi connectivity index (χ3n) is 7.03. The first-order valence-electron chi connectivity index (χ1n) is 11.5. The molecular weight excluding hydrogens is 496 g/mol. The minimum atomic E-state index is -2.54. The van der Waals surface area contributed by atoms with Crippen LogP contribution in [0.25, 0.3) is 0 Å². The third-order valence-corrected chi connectivity index (χ3v) is 11.4. The Morgan fingerprint density at radius 1 is 1.24 bits per heavy atom. The fraction of sp³-hybridized carbons (Fsp3) is 0.636. The lowest BCUT2D eigenvalue weighted by molar-refractivity contribution is 0.143. The predicted molar refractivity (Wildman–Crippen MR) is 132 cm³/mol. The van der Waals surface area contributed by atoms with E-state index in [1.165, 1.54) is 0 Å². The van der Waals surface area contributed by atoms with E-state index in [-0.39, 0.29) is 18.5 Å². The van der Waals surface area contributed by atoms with Gasteiger partial charge in [-0.3, -0.25) is 4.21 Å². The number of hydrogen-bond acceptors (Lipinski definition) is 9. The molecule has 0 amide bonds. The van der Waals surface area contributed by atoms with Crippen molar-refractivity contribution < 1.29 is 13.5 Å². The maximum Gasteiger partial charge on any atom is 0.259 e. The molecule has 5 rings (SSSR count). The van der Waals surface area contributed by atoms with E-state index in [4.69, 9.17) is 11.6 Å². The van der Waals surface area contributed by atoms with Gasteiger partial charge in [0, 0.05) is 36.2 Å². The van der Waals surface area contributed by atoms with Crippen molar-refractivity contribution in [2.24, 2.45) is 4.36 Å². The summed E-state index contributed by atoms with van der Waals surface area (Å²) in [5, 5.41) is 13.8. The molecular formula is C22H29ClN6O3S2. The highest BCUT2D eigenvalue weighted by Gasteiger charge is 2.43. The molecule has 9 nitrogen and oxygen atoms in total. The molecule has 2 N–H and O–H groups in total. The van der Waals surface area contributed by atoms with Crippen LogP contribution in [-0.4, -0.2) is 61.9 Å². The Hall–Kier alpha value is -1.69. The highest BCUT2D eigenvalue weighted by Crippen LogP contribution is 2.42. The number of hydrogen-bond donors (Lipinski definition) is 2. The summed E-state index contributed by atoms with van der Waals surface area (Å²) in [5.74, 6) is 2.26. The van der Waals surface area contributed by atoms with Gasteiger partial charge in [0.15, 0.2) is 0 Å². The summed E-state index contributed by atoms with van der Waals surface area (Å²) in [5.41, 5.74) is 0.216. The minimum Gasteiger partial charge on any atom is -0.394 e. The molecule has 184 valence electrons. The molecule has 2 aliphatic heterocycles. The largest absolute Gasteiger partial charge is 0.394 e. The summed E-state index contributed by atoms with van der Waals surface area (Å²) in [6.45, 7) is 3.85. The zero-order chi connectivity index (χ0) is 24.1. The molecule has 1 saturated carbocycles. The Balaban J connectivity index is 1.45. The van der Waals surface area contributed by atoms with Gasteiger partial charge in [-0.15, -0.1) is 0 Å². The van der Waals surface area contributed by atoms with Crippen LogP contribution in [-0.2, 0) is 26.9 Å². The smallest absolute Gasteiger partial charge is 0.259 e. The summed E-state index contributed by atoms with van der Waals surface area (Å²) in [6.07, 6.45) is 7.65. The van der Waals surface area contributed by atoms with Crippen LogP contribution in [0, 0.1) is 0 Å². The van der Waals surface area contributed by atoms with E-state index in [0.29, 0.717) is 58.0 Å². The van der Waals surface area contributed by atoms with Gasteiger partial charge >= 0.3 is 0 Å². The van der Waals surface area contributed by atoms with Crippen LogP contribution in [0.3, 0.4) is 0 Å². The van der Waals surface area contributed by atoms with Gasteiger partial charge in [-0.1, -0.05) is 11.6 Å². The first-order chi connectivity index (χ1) is 16.1. The lowest BCUT2D eigenvalue weighted by Crippen LogP contribution is -2.48. The van der Waals surface area contributed by atoms with Gasteiger partial charge in [0.05, 0.1) is 48.1 Å². The van der Waals surface area contributed by atoms with Crippen molar-refractivity contribution in [1.82, 2.24) is 19.9 Å². The van der Waals surface area contributed by atoms with Crippen molar-refractivity contribution >= 4 is 43.9 Å². The molecule has 2 aromatic rings. The molecule has 34 heavy (non-hydrogen) atoms. The maximum atomic E-state index is 13.6. The van der Waals surface area contributed by atoms with E-state index in [9.17, 15) is 13.5 Å². The Kier molecular flexibility index (Phi) is 6.19. The second-order valence-corrected chi connectivity index (χ2v) is 15.1. The zero-order valence-corrected chi connectivity index (χ0v) is 21.7. The number of fused-ring (bicyclic) bond motifs is 1. The molecule has 2 aromatic heterocycles. The Bertz CT molecular complexity index is 1240. The van der Waals surface area contributed by atoms with Crippen LogP contribution in [0.1, 0.15) is 63.4 Å². The second kappa shape index (κ2) is 8.76. The SMILES string of the molecule is CC1(C)Cc2nc(N=S3(=O)CCC(c4ncc(Cl)cn4)CC3)nc(NC3(CO)CCC3)c2[S@]1=O. The number of nitrogens with one attached hydrogen (secondary N) is 1. The molecule has 2 fully saturated rings. The summed E-state index contributed by atoms with van der Waals surface area (Å²) < 4.78 is 30.9. The molecule has 0 spiro atoms. The minimum absolute atomic E-state index is 0.0286. The molecule has 0 aromatic carbocycles. The highest BCUT2D eigenvalue weighted by atomic mass is 35.5. The summed E-state index contributed by atoms with van der Waals surface area (Å²) in [7, 11) is -3.84. The van der Waals surface area contributed by atoms with Crippen LogP contribution in [0.15, 0.2) is 21.7 Å². The number of aliphatic hydroxyl groups is 1. The van der Waals surface area contributed by atoms with Crippen molar-refractivity contribution in [3.05, 3.63) is 28.9 Å². The predicted octanol–water partition coefficient (Wildman–Crippen LogP) is 3.37. The van der Waals surface area contributed by atoms with Crippen molar-refractivity contribution in [2.45, 2.75) is 73.5 Å². The van der Waals surface area contributed by atoms with Crippen LogP contribution in [0.4, 0.5) is 11.8 Å².